The molecule has 0 aliphatic carbocycles. The average Bonchev–Trinajstić information content (AvgIpc) is 2.63. The van der Waals surface area contributed by atoms with Gasteiger partial charge in [0.05, 0.1) is 12.6 Å². The van der Waals surface area contributed by atoms with Crippen LogP contribution in [0.3, 0.4) is 0 Å². The summed E-state index contributed by atoms with van der Waals surface area (Å²) in [7, 11) is 0. The summed E-state index contributed by atoms with van der Waals surface area (Å²) >= 11 is 0. The monoisotopic (exact) mass is 213 g/mol. The fourth-order valence-corrected chi connectivity index (χ4v) is 2.07. The van der Waals surface area contributed by atoms with Gasteiger partial charge in [0.1, 0.15) is 11.6 Å². The molecule has 1 aliphatic rings. The van der Waals surface area contributed by atoms with Gasteiger partial charge in [-0.2, -0.15) is 0 Å². The van der Waals surface area contributed by atoms with Crippen molar-refractivity contribution in [2.24, 2.45) is 0 Å². The van der Waals surface area contributed by atoms with E-state index in [0.29, 0.717) is 5.69 Å². The van der Waals surface area contributed by atoms with Gasteiger partial charge < -0.3 is 10.0 Å². The first-order chi connectivity index (χ1) is 7.20. The van der Waals surface area contributed by atoms with Crippen LogP contribution in [0.5, 0.6) is 0 Å². The van der Waals surface area contributed by atoms with Crippen molar-refractivity contribution in [1.82, 2.24) is 0 Å². The second-order valence-corrected chi connectivity index (χ2v) is 3.80. The third kappa shape index (κ3) is 2.09. The number of aliphatic hydroxyl groups is 1. The first-order valence-corrected chi connectivity index (χ1v) is 5.04. The van der Waals surface area contributed by atoms with Gasteiger partial charge in [-0.25, -0.2) is 8.78 Å². The number of rotatable bonds is 2. The first-order valence-electron chi connectivity index (χ1n) is 5.04. The molecule has 1 saturated heterocycles. The maximum atomic E-state index is 13.0. The Kier molecular flexibility index (Phi) is 2.86. The average molecular weight is 213 g/mol. The molecular weight excluding hydrogens is 200 g/mol. The largest absolute Gasteiger partial charge is 0.394 e. The van der Waals surface area contributed by atoms with Crippen LogP contribution in [0.2, 0.25) is 0 Å². The summed E-state index contributed by atoms with van der Waals surface area (Å²) in [5, 5.41) is 9.11. The molecule has 4 heteroatoms. The van der Waals surface area contributed by atoms with Crippen molar-refractivity contribution in [1.29, 1.82) is 0 Å². The summed E-state index contributed by atoms with van der Waals surface area (Å²) in [6.45, 7) is 0.770. The Bertz CT molecular complexity index is 336. The lowest BCUT2D eigenvalue weighted by Gasteiger charge is -2.25. The summed E-state index contributed by atoms with van der Waals surface area (Å²) in [5.74, 6) is -1.15. The Labute approximate surface area is 87.1 Å². The summed E-state index contributed by atoms with van der Waals surface area (Å²) in [6.07, 6.45) is 1.82. The normalized spacial score (nSPS) is 21.0. The molecule has 1 fully saturated rings. The van der Waals surface area contributed by atoms with Crippen LogP contribution < -0.4 is 4.90 Å². The molecule has 1 heterocycles. The highest BCUT2D eigenvalue weighted by atomic mass is 19.1. The van der Waals surface area contributed by atoms with Crippen LogP contribution in [0.25, 0.3) is 0 Å². The molecule has 0 saturated carbocycles. The number of hydrogen-bond donors (Lipinski definition) is 1. The molecule has 1 N–H and O–H groups in total. The van der Waals surface area contributed by atoms with E-state index in [1.807, 2.05) is 4.90 Å². The van der Waals surface area contributed by atoms with Gasteiger partial charge in [-0.05, 0) is 25.0 Å². The van der Waals surface area contributed by atoms with E-state index in [1.165, 1.54) is 12.1 Å². The van der Waals surface area contributed by atoms with E-state index >= 15 is 0 Å². The number of nitrogens with zero attached hydrogens (tertiary/aromatic N) is 1. The zero-order valence-corrected chi connectivity index (χ0v) is 8.29. The van der Waals surface area contributed by atoms with E-state index in [2.05, 4.69) is 0 Å². The SMILES string of the molecule is OC[C@@H]1CCCN1c1cc(F)cc(F)c1. The van der Waals surface area contributed by atoms with Crippen LogP contribution in [0.4, 0.5) is 14.5 Å². The second-order valence-electron chi connectivity index (χ2n) is 3.80. The highest BCUT2D eigenvalue weighted by Gasteiger charge is 2.24. The molecular formula is C11H13F2NO. The Hall–Kier alpha value is -1.16. The highest BCUT2D eigenvalue weighted by molar-refractivity contribution is 5.48. The highest BCUT2D eigenvalue weighted by Crippen LogP contribution is 2.26. The summed E-state index contributed by atoms with van der Waals surface area (Å²) in [4.78, 5) is 1.85. The Morgan fingerprint density at radius 3 is 2.53 bits per heavy atom. The van der Waals surface area contributed by atoms with E-state index in [1.54, 1.807) is 0 Å². The smallest absolute Gasteiger partial charge is 0.128 e. The number of halogens is 2. The van der Waals surface area contributed by atoms with E-state index in [0.717, 1.165) is 25.5 Å². The van der Waals surface area contributed by atoms with Gasteiger partial charge in [0, 0.05) is 18.3 Å². The molecule has 0 bridgehead atoms. The van der Waals surface area contributed by atoms with Crippen molar-refractivity contribution in [3.63, 3.8) is 0 Å². The fraction of sp³-hybridized carbons (Fsp3) is 0.455. The number of hydrogen-bond acceptors (Lipinski definition) is 2. The third-order valence-corrected chi connectivity index (χ3v) is 2.77. The molecule has 0 amide bonds. The summed E-state index contributed by atoms with van der Waals surface area (Å²) < 4.78 is 26.0. The molecule has 1 aromatic rings. The quantitative estimate of drug-likeness (QED) is 0.811. The first kappa shape index (κ1) is 10.4. The molecule has 2 rings (SSSR count). The summed E-state index contributed by atoms with van der Waals surface area (Å²) in [5.41, 5.74) is 0.518. The van der Waals surface area contributed by atoms with Crippen LogP contribution in [0, 0.1) is 11.6 Å². The van der Waals surface area contributed by atoms with Crippen LogP contribution >= 0.6 is 0 Å². The number of benzene rings is 1. The van der Waals surface area contributed by atoms with Gasteiger partial charge in [-0.15, -0.1) is 0 Å². The van der Waals surface area contributed by atoms with Crippen LogP contribution in [0.15, 0.2) is 18.2 Å². The molecule has 1 aliphatic heterocycles. The van der Waals surface area contributed by atoms with E-state index in [4.69, 9.17) is 5.11 Å². The van der Waals surface area contributed by atoms with Gasteiger partial charge in [-0.3, -0.25) is 0 Å². The lowest BCUT2D eigenvalue weighted by molar-refractivity contribution is 0.266. The van der Waals surface area contributed by atoms with E-state index in [9.17, 15) is 8.78 Å². The van der Waals surface area contributed by atoms with Crippen LogP contribution in [0.1, 0.15) is 12.8 Å². The zero-order valence-electron chi connectivity index (χ0n) is 8.29. The molecule has 1 atom stereocenters. The van der Waals surface area contributed by atoms with Gasteiger partial charge in [-0.1, -0.05) is 0 Å². The van der Waals surface area contributed by atoms with Crippen LogP contribution in [-0.2, 0) is 0 Å². The van der Waals surface area contributed by atoms with Crippen molar-refractivity contribution in [2.75, 3.05) is 18.1 Å². The minimum absolute atomic E-state index is 0.00815. The maximum absolute atomic E-state index is 13.0. The molecule has 15 heavy (non-hydrogen) atoms. The molecule has 0 radical (unpaired) electrons. The molecule has 0 aromatic heterocycles. The maximum Gasteiger partial charge on any atom is 0.128 e. The van der Waals surface area contributed by atoms with Gasteiger partial charge in [0.25, 0.3) is 0 Å². The van der Waals surface area contributed by atoms with E-state index in [-0.39, 0.29) is 12.6 Å². The minimum atomic E-state index is -0.575. The predicted molar refractivity (Wildman–Crippen MR) is 53.8 cm³/mol. The predicted octanol–water partition coefficient (Wildman–Crippen LogP) is 1.93. The molecule has 2 nitrogen and oxygen atoms in total. The molecule has 1 aromatic carbocycles. The lowest BCUT2D eigenvalue weighted by Crippen LogP contribution is -2.32. The topological polar surface area (TPSA) is 23.5 Å². The standard InChI is InChI=1S/C11H13F2NO/c12-8-4-9(13)6-11(5-8)14-3-1-2-10(14)7-15/h4-6,10,15H,1-3,7H2/t10-/m0/s1. The molecule has 0 unspecified atom stereocenters. The van der Waals surface area contributed by atoms with Crippen molar-refractivity contribution < 1.29 is 13.9 Å². The molecule has 0 spiro atoms. The Morgan fingerprint density at radius 1 is 1.27 bits per heavy atom. The van der Waals surface area contributed by atoms with E-state index < -0.39 is 11.6 Å². The second kappa shape index (κ2) is 4.14. The minimum Gasteiger partial charge on any atom is -0.394 e. The van der Waals surface area contributed by atoms with Crippen molar-refractivity contribution in [3.8, 4) is 0 Å². The Morgan fingerprint density at radius 2 is 1.93 bits per heavy atom. The van der Waals surface area contributed by atoms with Gasteiger partial charge >= 0.3 is 0 Å². The zero-order chi connectivity index (χ0) is 10.8. The molecule has 82 valence electrons. The number of anilines is 1. The van der Waals surface area contributed by atoms with Gasteiger partial charge in [0.15, 0.2) is 0 Å². The lowest BCUT2D eigenvalue weighted by atomic mass is 10.2. The van der Waals surface area contributed by atoms with Crippen molar-refractivity contribution in [2.45, 2.75) is 18.9 Å². The third-order valence-electron chi connectivity index (χ3n) is 2.77. The van der Waals surface area contributed by atoms with Crippen molar-refractivity contribution in [3.05, 3.63) is 29.8 Å². The van der Waals surface area contributed by atoms with Crippen LogP contribution in [-0.4, -0.2) is 24.3 Å². The Balaban J connectivity index is 2.28. The number of aliphatic hydroxyl groups excluding tert-OH is 1. The van der Waals surface area contributed by atoms with Crippen molar-refractivity contribution >= 4 is 5.69 Å². The summed E-state index contributed by atoms with van der Waals surface area (Å²) in [6, 6.07) is 3.45. The fourth-order valence-electron chi connectivity index (χ4n) is 2.07. The van der Waals surface area contributed by atoms with Gasteiger partial charge in [0.2, 0.25) is 0 Å².